The predicted molar refractivity (Wildman–Crippen MR) is 153 cm³/mol. The molecule has 0 amide bonds. The third kappa shape index (κ3) is 3.43. The smallest absolute Gasteiger partial charge is 0.0880 e. The Labute approximate surface area is 225 Å². The van der Waals surface area contributed by atoms with Gasteiger partial charge in [0, 0.05) is 18.0 Å². The maximum atomic E-state index is 10.8. The van der Waals surface area contributed by atoms with E-state index in [4.69, 9.17) is 0 Å². The van der Waals surface area contributed by atoms with Crippen LogP contribution in [-0.2, 0) is 12.0 Å². The molecule has 4 aromatic carbocycles. The molecule has 0 N–H and O–H groups in total. The molecule has 0 radical (unpaired) electrons. The number of benzene rings is 4. The molecule has 2 heteroatoms. The number of nitriles is 1. The van der Waals surface area contributed by atoms with Crippen LogP contribution in [0.25, 0.3) is 5.57 Å². The van der Waals surface area contributed by atoms with Gasteiger partial charge in [0.15, 0.2) is 0 Å². The Morgan fingerprint density at radius 3 is 2.16 bits per heavy atom. The highest BCUT2D eigenvalue weighted by atomic mass is 15.2. The molecule has 1 spiro atoms. The molecular weight excluding hydrogens is 460 g/mol. The molecule has 1 heterocycles. The Bertz CT molecular complexity index is 1500. The van der Waals surface area contributed by atoms with Crippen LogP contribution in [-0.4, -0.2) is 17.5 Å². The van der Waals surface area contributed by atoms with Crippen molar-refractivity contribution < 1.29 is 0 Å². The summed E-state index contributed by atoms with van der Waals surface area (Å²) in [5, 5.41) is 10.8. The third-order valence-electron chi connectivity index (χ3n) is 9.44. The SMILES string of the molecule is N#C[C@H]1c2ccccc2[C@]23[C@H]1N(Cc1ccccc1)CC[C@H]2C(c1ccccc1)=CC[C@H]3c1ccccc1. The number of hydrogen-bond acceptors (Lipinski definition) is 2. The molecule has 1 fully saturated rings. The monoisotopic (exact) mass is 492 g/mol. The van der Waals surface area contributed by atoms with Crippen LogP contribution in [0.15, 0.2) is 121 Å². The molecule has 0 saturated carbocycles. The van der Waals surface area contributed by atoms with Crippen molar-refractivity contribution >= 4 is 5.57 Å². The first kappa shape index (κ1) is 23.2. The second-order valence-corrected chi connectivity index (χ2v) is 11.1. The minimum absolute atomic E-state index is 0.112. The number of allylic oxidation sites excluding steroid dienone is 2. The second-order valence-electron chi connectivity index (χ2n) is 11.1. The van der Waals surface area contributed by atoms with Crippen molar-refractivity contribution in [2.24, 2.45) is 5.92 Å². The molecule has 0 aromatic heterocycles. The largest absolute Gasteiger partial charge is 0.294 e. The van der Waals surface area contributed by atoms with Crippen LogP contribution in [0, 0.1) is 17.2 Å². The summed E-state index contributed by atoms with van der Waals surface area (Å²) in [4.78, 5) is 2.66. The average molecular weight is 493 g/mol. The van der Waals surface area contributed by atoms with Crippen LogP contribution in [0.3, 0.4) is 0 Å². The molecule has 3 aliphatic rings. The first-order valence-electron chi connectivity index (χ1n) is 13.9. The molecular formula is C36H32N2. The lowest BCUT2D eigenvalue weighted by Crippen LogP contribution is -2.61. The normalized spacial score (nSPS) is 27.9. The summed E-state index contributed by atoms with van der Waals surface area (Å²) < 4.78 is 0. The summed E-state index contributed by atoms with van der Waals surface area (Å²) in [5.41, 5.74) is 7.97. The Hall–Kier alpha value is -3.93. The number of piperidine rings is 1. The van der Waals surface area contributed by atoms with E-state index in [2.05, 4.69) is 132 Å². The van der Waals surface area contributed by atoms with Gasteiger partial charge in [-0.2, -0.15) is 5.26 Å². The fraction of sp³-hybridized carbons (Fsp3) is 0.250. The fourth-order valence-corrected chi connectivity index (χ4v) is 8.16. The topological polar surface area (TPSA) is 27.0 Å². The molecule has 0 bridgehead atoms. The summed E-state index contributed by atoms with van der Waals surface area (Å²) in [6.45, 7) is 1.86. The zero-order chi connectivity index (χ0) is 25.5. The Morgan fingerprint density at radius 2 is 1.42 bits per heavy atom. The van der Waals surface area contributed by atoms with Crippen molar-refractivity contribution in [2.45, 2.75) is 42.7 Å². The summed E-state index contributed by atoms with van der Waals surface area (Å²) in [5.74, 6) is 0.503. The quantitative estimate of drug-likeness (QED) is 0.292. The van der Waals surface area contributed by atoms with Crippen molar-refractivity contribution in [3.8, 4) is 6.07 Å². The van der Waals surface area contributed by atoms with Crippen molar-refractivity contribution in [3.63, 3.8) is 0 Å². The molecule has 186 valence electrons. The summed E-state index contributed by atoms with van der Waals surface area (Å²) in [7, 11) is 0. The minimum atomic E-state index is -0.175. The van der Waals surface area contributed by atoms with E-state index < -0.39 is 0 Å². The Morgan fingerprint density at radius 1 is 0.763 bits per heavy atom. The van der Waals surface area contributed by atoms with E-state index in [-0.39, 0.29) is 17.4 Å². The van der Waals surface area contributed by atoms with E-state index in [1.807, 2.05) is 0 Å². The number of rotatable bonds is 4. The maximum absolute atomic E-state index is 10.8. The zero-order valence-corrected chi connectivity index (χ0v) is 21.6. The van der Waals surface area contributed by atoms with E-state index in [0.717, 1.165) is 25.9 Å². The van der Waals surface area contributed by atoms with Crippen molar-refractivity contribution in [1.29, 1.82) is 5.26 Å². The van der Waals surface area contributed by atoms with Crippen LogP contribution < -0.4 is 0 Å². The van der Waals surface area contributed by atoms with Crippen LogP contribution in [0.1, 0.15) is 52.5 Å². The number of hydrogen-bond donors (Lipinski definition) is 0. The lowest BCUT2D eigenvalue weighted by molar-refractivity contribution is 0.0194. The second kappa shape index (κ2) is 9.43. The van der Waals surface area contributed by atoms with E-state index in [0.29, 0.717) is 11.8 Å². The summed E-state index contributed by atoms with van der Waals surface area (Å²) in [6.07, 6.45) is 4.59. The van der Waals surface area contributed by atoms with E-state index >= 15 is 0 Å². The number of likely N-dealkylation sites (tertiary alicyclic amines) is 1. The van der Waals surface area contributed by atoms with Crippen molar-refractivity contribution in [1.82, 2.24) is 4.90 Å². The highest BCUT2D eigenvalue weighted by Gasteiger charge is 2.65. The van der Waals surface area contributed by atoms with Gasteiger partial charge in [0.1, 0.15) is 0 Å². The Balaban J connectivity index is 1.48. The number of fused-ring (bicyclic) bond motifs is 1. The molecule has 1 aliphatic heterocycles. The van der Waals surface area contributed by atoms with Crippen LogP contribution in [0.5, 0.6) is 0 Å². The molecule has 2 aliphatic carbocycles. The molecule has 5 atom stereocenters. The van der Waals surface area contributed by atoms with E-state index in [9.17, 15) is 5.26 Å². The van der Waals surface area contributed by atoms with Gasteiger partial charge in [-0.3, -0.25) is 4.90 Å². The average Bonchev–Trinajstić information content (AvgIpc) is 3.29. The van der Waals surface area contributed by atoms with Gasteiger partial charge in [-0.1, -0.05) is 121 Å². The van der Waals surface area contributed by atoms with Gasteiger partial charge in [0.2, 0.25) is 0 Å². The number of nitrogens with zero attached hydrogens (tertiary/aromatic N) is 2. The first-order valence-corrected chi connectivity index (χ1v) is 13.9. The lowest BCUT2D eigenvalue weighted by Gasteiger charge is -2.58. The van der Waals surface area contributed by atoms with Gasteiger partial charge in [-0.05, 0) is 64.6 Å². The van der Waals surface area contributed by atoms with Crippen LogP contribution in [0.2, 0.25) is 0 Å². The molecule has 4 aromatic rings. The van der Waals surface area contributed by atoms with Gasteiger partial charge in [0.05, 0.1) is 12.0 Å². The van der Waals surface area contributed by atoms with E-state index in [1.165, 1.54) is 33.4 Å². The predicted octanol–water partition coefficient (Wildman–Crippen LogP) is 7.71. The molecule has 1 saturated heterocycles. The van der Waals surface area contributed by atoms with Crippen LogP contribution in [0.4, 0.5) is 0 Å². The van der Waals surface area contributed by atoms with Gasteiger partial charge >= 0.3 is 0 Å². The minimum Gasteiger partial charge on any atom is -0.294 e. The zero-order valence-electron chi connectivity index (χ0n) is 21.6. The fourth-order valence-electron chi connectivity index (χ4n) is 8.16. The van der Waals surface area contributed by atoms with E-state index in [1.54, 1.807) is 0 Å². The van der Waals surface area contributed by atoms with Gasteiger partial charge in [-0.25, -0.2) is 0 Å². The molecule has 0 unspecified atom stereocenters. The Kier molecular flexibility index (Phi) is 5.76. The molecule has 7 rings (SSSR count). The maximum Gasteiger partial charge on any atom is 0.0880 e. The summed E-state index contributed by atoms with van der Waals surface area (Å²) in [6, 6.07) is 44.7. The third-order valence-corrected chi connectivity index (χ3v) is 9.44. The van der Waals surface area contributed by atoms with Crippen molar-refractivity contribution in [2.75, 3.05) is 6.54 Å². The van der Waals surface area contributed by atoms with Gasteiger partial charge in [0.25, 0.3) is 0 Å². The molecule has 38 heavy (non-hydrogen) atoms. The standard InChI is InChI=1S/C36H32N2/c37-24-31-30-18-10-11-19-33(30)36-32(28-16-8-3-9-17-28)21-20-29(27-14-6-2-7-15-27)34(36)22-23-38(35(31)36)25-26-12-4-1-5-13-26/h1-20,31-32,34-35H,21-23,25H2/t31-,32-,34-,35-,36-/m0/s1. The highest BCUT2D eigenvalue weighted by Crippen LogP contribution is 2.66. The molecule has 2 nitrogen and oxygen atoms in total. The van der Waals surface area contributed by atoms with Gasteiger partial charge < -0.3 is 0 Å². The van der Waals surface area contributed by atoms with Gasteiger partial charge in [-0.15, -0.1) is 0 Å². The van der Waals surface area contributed by atoms with Crippen molar-refractivity contribution in [3.05, 3.63) is 149 Å². The summed E-state index contributed by atoms with van der Waals surface area (Å²) >= 11 is 0. The first-order chi connectivity index (χ1) is 18.8. The lowest BCUT2D eigenvalue weighted by atomic mass is 9.50. The van der Waals surface area contributed by atoms with Crippen LogP contribution >= 0.6 is 0 Å². The highest BCUT2D eigenvalue weighted by molar-refractivity contribution is 5.74.